The molecule has 0 amide bonds. The molecular weight excluding hydrogens is 238 g/mol. The van der Waals surface area contributed by atoms with Crippen molar-refractivity contribution in [3.8, 4) is 0 Å². The van der Waals surface area contributed by atoms with E-state index in [1.54, 1.807) is 6.92 Å². The van der Waals surface area contributed by atoms with Crippen LogP contribution in [0.15, 0.2) is 24.3 Å². The smallest absolute Gasteiger partial charge is 0.323 e. The Bertz CT molecular complexity index is 454. The van der Waals surface area contributed by atoms with Crippen LogP contribution in [0.3, 0.4) is 0 Å². The van der Waals surface area contributed by atoms with Crippen LogP contribution in [0.5, 0.6) is 0 Å². The van der Waals surface area contributed by atoms with Crippen LogP contribution in [-0.4, -0.2) is 16.6 Å². The summed E-state index contributed by atoms with van der Waals surface area (Å²) < 4.78 is 0. The average molecular weight is 261 g/mol. The van der Waals surface area contributed by atoms with E-state index in [2.05, 4.69) is 23.5 Å². The number of benzene rings is 1. The Morgan fingerprint density at radius 1 is 1.42 bits per heavy atom. The van der Waals surface area contributed by atoms with E-state index < -0.39 is 11.5 Å². The van der Waals surface area contributed by atoms with Crippen molar-refractivity contribution in [1.82, 2.24) is 5.32 Å². The summed E-state index contributed by atoms with van der Waals surface area (Å²) in [7, 11) is 0. The molecule has 1 saturated carbocycles. The Kier molecular flexibility index (Phi) is 4.25. The van der Waals surface area contributed by atoms with Gasteiger partial charge >= 0.3 is 5.97 Å². The molecule has 104 valence electrons. The minimum atomic E-state index is -0.828. The van der Waals surface area contributed by atoms with Crippen LogP contribution in [0, 0.1) is 0 Å². The van der Waals surface area contributed by atoms with Gasteiger partial charge in [0.05, 0.1) is 0 Å². The Balaban J connectivity index is 2.07. The first kappa shape index (κ1) is 14.1. The van der Waals surface area contributed by atoms with Gasteiger partial charge in [-0.1, -0.05) is 37.6 Å². The third kappa shape index (κ3) is 3.35. The Labute approximate surface area is 115 Å². The Morgan fingerprint density at radius 2 is 2.11 bits per heavy atom. The van der Waals surface area contributed by atoms with Gasteiger partial charge in [-0.3, -0.25) is 10.1 Å². The van der Waals surface area contributed by atoms with E-state index in [1.165, 1.54) is 24.0 Å². The van der Waals surface area contributed by atoms with Gasteiger partial charge in [-0.25, -0.2) is 0 Å². The predicted molar refractivity (Wildman–Crippen MR) is 76.2 cm³/mol. The summed E-state index contributed by atoms with van der Waals surface area (Å²) in [6.45, 7) is 4.43. The van der Waals surface area contributed by atoms with Gasteiger partial charge in [-0.2, -0.15) is 0 Å². The molecule has 0 spiro atoms. The van der Waals surface area contributed by atoms with Crippen molar-refractivity contribution in [3.05, 3.63) is 35.4 Å². The first-order valence-electron chi connectivity index (χ1n) is 7.13. The highest BCUT2D eigenvalue weighted by Crippen LogP contribution is 2.41. The molecule has 0 radical (unpaired) electrons. The number of nitrogens with one attached hydrogen (secondary N) is 1. The molecule has 3 nitrogen and oxygen atoms in total. The fourth-order valence-corrected chi connectivity index (χ4v) is 2.55. The van der Waals surface area contributed by atoms with Crippen LogP contribution in [0.25, 0.3) is 0 Å². The van der Waals surface area contributed by atoms with Crippen molar-refractivity contribution in [3.63, 3.8) is 0 Å². The third-order valence-corrected chi connectivity index (χ3v) is 3.96. The molecular formula is C16H23NO2. The highest BCUT2D eigenvalue weighted by molar-refractivity contribution is 5.78. The fraction of sp³-hybridized carbons (Fsp3) is 0.562. The molecule has 0 aromatic heterocycles. The first-order valence-corrected chi connectivity index (χ1v) is 7.13. The molecule has 1 atom stereocenters. The first-order chi connectivity index (χ1) is 9.07. The van der Waals surface area contributed by atoms with Crippen molar-refractivity contribution in [2.75, 3.05) is 0 Å². The van der Waals surface area contributed by atoms with Gasteiger partial charge in [0, 0.05) is 6.54 Å². The Morgan fingerprint density at radius 3 is 2.68 bits per heavy atom. The van der Waals surface area contributed by atoms with E-state index in [1.807, 2.05) is 13.0 Å². The van der Waals surface area contributed by atoms with Crippen molar-refractivity contribution in [1.29, 1.82) is 0 Å². The molecule has 19 heavy (non-hydrogen) atoms. The molecule has 2 rings (SSSR count). The van der Waals surface area contributed by atoms with Crippen LogP contribution in [0.4, 0.5) is 0 Å². The predicted octanol–water partition coefficient (Wildman–Crippen LogP) is 3.30. The maximum atomic E-state index is 11.4. The van der Waals surface area contributed by atoms with Gasteiger partial charge in [0.2, 0.25) is 0 Å². The lowest BCUT2D eigenvalue weighted by molar-refractivity contribution is -0.144. The van der Waals surface area contributed by atoms with Gasteiger partial charge < -0.3 is 5.11 Å². The van der Waals surface area contributed by atoms with Crippen LogP contribution in [-0.2, 0) is 11.3 Å². The Hall–Kier alpha value is -1.35. The maximum Gasteiger partial charge on any atom is 0.323 e. The third-order valence-electron chi connectivity index (χ3n) is 3.96. The monoisotopic (exact) mass is 261 g/mol. The molecule has 0 heterocycles. The highest BCUT2D eigenvalue weighted by atomic mass is 16.4. The van der Waals surface area contributed by atoms with Crippen molar-refractivity contribution >= 4 is 5.97 Å². The lowest BCUT2D eigenvalue weighted by Gasteiger charge is -2.26. The number of carboxylic acids is 1. The normalized spacial score (nSPS) is 18.0. The summed E-state index contributed by atoms with van der Waals surface area (Å²) in [6, 6.07) is 8.38. The van der Waals surface area contributed by atoms with Gasteiger partial charge in [0.1, 0.15) is 5.54 Å². The summed E-state index contributed by atoms with van der Waals surface area (Å²) in [6.07, 6.45) is 4.04. The zero-order chi connectivity index (χ0) is 13.9. The topological polar surface area (TPSA) is 49.3 Å². The van der Waals surface area contributed by atoms with Crippen LogP contribution in [0.2, 0.25) is 0 Å². The molecule has 1 aromatic rings. The largest absolute Gasteiger partial charge is 0.480 e. The van der Waals surface area contributed by atoms with Crippen molar-refractivity contribution in [2.45, 2.75) is 57.5 Å². The molecule has 1 aliphatic rings. The molecule has 1 fully saturated rings. The van der Waals surface area contributed by atoms with Crippen LogP contribution >= 0.6 is 0 Å². The fourth-order valence-electron chi connectivity index (χ4n) is 2.55. The number of hydrogen-bond donors (Lipinski definition) is 2. The molecule has 0 aliphatic heterocycles. The number of hydrogen-bond acceptors (Lipinski definition) is 2. The van der Waals surface area contributed by atoms with Crippen molar-refractivity contribution < 1.29 is 9.90 Å². The van der Waals surface area contributed by atoms with Gasteiger partial charge in [0.15, 0.2) is 0 Å². The SMILES string of the molecule is CCCC(C)(NCc1ccccc1C1CC1)C(=O)O. The van der Waals surface area contributed by atoms with E-state index in [4.69, 9.17) is 0 Å². The second-order valence-corrected chi connectivity index (χ2v) is 5.71. The summed E-state index contributed by atoms with van der Waals surface area (Å²) >= 11 is 0. The lowest BCUT2D eigenvalue weighted by atomic mass is 9.95. The second kappa shape index (κ2) is 5.74. The van der Waals surface area contributed by atoms with E-state index in [0.717, 1.165) is 6.42 Å². The van der Waals surface area contributed by atoms with E-state index in [9.17, 15) is 9.90 Å². The molecule has 1 aliphatic carbocycles. The number of rotatable bonds is 7. The molecule has 0 saturated heterocycles. The minimum Gasteiger partial charge on any atom is -0.480 e. The summed E-state index contributed by atoms with van der Waals surface area (Å²) in [5.41, 5.74) is 1.80. The summed E-state index contributed by atoms with van der Waals surface area (Å²) in [5, 5.41) is 12.6. The van der Waals surface area contributed by atoms with Crippen LogP contribution < -0.4 is 5.32 Å². The molecule has 0 bridgehead atoms. The maximum absolute atomic E-state index is 11.4. The van der Waals surface area contributed by atoms with E-state index >= 15 is 0 Å². The van der Waals surface area contributed by atoms with Gasteiger partial charge in [-0.15, -0.1) is 0 Å². The molecule has 3 heteroatoms. The highest BCUT2D eigenvalue weighted by Gasteiger charge is 2.32. The average Bonchev–Trinajstić information content (AvgIpc) is 3.21. The lowest BCUT2D eigenvalue weighted by Crippen LogP contribution is -2.49. The molecule has 1 aromatic carbocycles. The minimum absolute atomic E-state index is 0.634. The van der Waals surface area contributed by atoms with E-state index in [0.29, 0.717) is 18.9 Å². The second-order valence-electron chi connectivity index (χ2n) is 5.71. The van der Waals surface area contributed by atoms with Crippen LogP contribution in [0.1, 0.15) is 56.6 Å². The zero-order valence-electron chi connectivity index (χ0n) is 11.8. The number of aliphatic carboxylic acids is 1. The number of carbonyl (C=O) groups is 1. The number of carboxylic acid groups (broad SMARTS) is 1. The van der Waals surface area contributed by atoms with Crippen molar-refractivity contribution in [2.24, 2.45) is 0 Å². The summed E-state index contributed by atoms with van der Waals surface area (Å²) in [5.74, 6) is -0.0708. The summed E-state index contributed by atoms with van der Waals surface area (Å²) in [4.78, 5) is 11.4. The van der Waals surface area contributed by atoms with E-state index in [-0.39, 0.29) is 0 Å². The molecule has 2 N–H and O–H groups in total. The van der Waals surface area contributed by atoms with Gasteiger partial charge in [0.25, 0.3) is 0 Å². The quantitative estimate of drug-likeness (QED) is 0.791. The molecule has 1 unspecified atom stereocenters. The standard InChI is InChI=1S/C16H23NO2/c1-3-10-16(2,15(18)19)17-11-13-6-4-5-7-14(13)12-8-9-12/h4-7,12,17H,3,8-11H2,1-2H3,(H,18,19). The van der Waals surface area contributed by atoms with Gasteiger partial charge in [-0.05, 0) is 43.2 Å². The zero-order valence-corrected chi connectivity index (χ0v) is 11.8.